The molecule has 0 spiro atoms. The molecule has 0 saturated heterocycles. The lowest BCUT2D eigenvalue weighted by molar-refractivity contribution is -0.143. The molecule has 28 heavy (non-hydrogen) atoms. The maximum absolute atomic E-state index is 14.0. The third-order valence-electron chi connectivity index (χ3n) is 3.62. The number of rotatable bonds is 2. The molecule has 11 heteroatoms. The van der Waals surface area contributed by atoms with E-state index in [0.29, 0.717) is 19.1 Å². The van der Waals surface area contributed by atoms with Crippen LogP contribution >= 0.6 is 0 Å². The number of hydrogen-bond acceptors (Lipinski definition) is 2. The zero-order valence-electron chi connectivity index (χ0n) is 14.0. The predicted molar refractivity (Wildman–Crippen MR) is 77.2 cm³/mol. The number of carbonyl (C=O) groups excluding carboxylic acids is 1. The topological polar surface area (TPSA) is 26.3 Å². The van der Waals surface area contributed by atoms with Crippen LogP contribution in [0.25, 0.3) is 0 Å². The van der Waals surface area contributed by atoms with Crippen molar-refractivity contribution in [1.82, 2.24) is 0 Å². The second kappa shape index (κ2) is 7.02. The molecule has 0 fully saturated rings. The molecular weight excluding hydrogens is 407 g/mol. The summed E-state index contributed by atoms with van der Waals surface area (Å²) < 4.78 is 122. The summed E-state index contributed by atoms with van der Waals surface area (Å²) in [6, 6.07) is 1.96. The van der Waals surface area contributed by atoms with Gasteiger partial charge in [0, 0.05) is 5.56 Å². The zero-order chi connectivity index (χ0) is 21.6. The highest BCUT2D eigenvalue weighted by Crippen LogP contribution is 2.40. The average Bonchev–Trinajstić information content (AvgIpc) is 2.54. The van der Waals surface area contributed by atoms with Gasteiger partial charge in [0.2, 0.25) is 5.82 Å². The van der Waals surface area contributed by atoms with Crippen LogP contribution in [0.1, 0.15) is 32.6 Å². The van der Waals surface area contributed by atoms with Gasteiger partial charge >= 0.3 is 18.3 Å². The molecule has 0 aliphatic carbocycles. The molecule has 0 bridgehead atoms. The van der Waals surface area contributed by atoms with Crippen LogP contribution in [0.2, 0.25) is 0 Å². The molecule has 0 unspecified atom stereocenters. The van der Waals surface area contributed by atoms with Gasteiger partial charge in [-0.25, -0.2) is 13.6 Å². The van der Waals surface area contributed by atoms with Crippen LogP contribution in [-0.4, -0.2) is 5.97 Å². The van der Waals surface area contributed by atoms with E-state index >= 15 is 0 Å². The van der Waals surface area contributed by atoms with E-state index in [9.17, 15) is 44.3 Å². The second-order valence-electron chi connectivity index (χ2n) is 5.74. The van der Waals surface area contributed by atoms with E-state index in [-0.39, 0.29) is 5.56 Å². The fourth-order valence-electron chi connectivity index (χ4n) is 2.34. The minimum atomic E-state index is -5.57. The summed E-state index contributed by atoms with van der Waals surface area (Å²) >= 11 is 0. The van der Waals surface area contributed by atoms with Gasteiger partial charge in [-0.15, -0.1) is 0 Å². The molecule has 0 saturated carbocycles. The minimum absolute atomic E-state index is 0.0382. The standard InChI is InChI=1S/C17H9F9O2/c1-6-3-8(5-9(4-6)16(21,22)23)15(27)28-14-7(2)11(18)10(17(24,25)26)12(19)13(14)20/h3-5H,1-2H3. The van der Waals surface area contributed by atoms with E-state index in [2.05, 4.69) is 4.74 Å². The first-order valence-electron chi connectivity index (χ1n) is 7.30. The van der Waals surface area contributed by atoms with Gasteiger partial charge in [-0.1, -0.05) is 0 Å². The molecular formula is C17H9F9O2. The Balaban J connectivity index is 2.53. The lowest BCUT2D eigenvalue weighted by Crippen LogP contribution is -2.18. The largest absolute Gasteiger partial charge is 0.422 e. The molecule has 2 nitrogen and oxygen atoms in total. The van der Waals surface area contributed by atoms with Crippen LogP contribution in [0.5, 0.6) is 5.75 Å². The van der Waals surface area contributed by atoms with Crippen molar-refractivity contribution >= 4 is 5.97 Å². The molecule has 0 aliphatic rings. The Bertz CT molecular complexity index is 914. The molecule has 0 amide bonds. The number of halogens is 9. The fraction of sp³-hybridized carbons (Fsp3) is 0.235. The van der Waals surface area contributed by atoms with Crippen molar-refractivity contribution in [2.45, 2.75) is 26.2 Å². The van der Waals surface area contributed by atoms with Gasteiger partial charge in [-0.2, -0.15) is 30.7 Å². The van der Waals surface area contributed by atoms with Crippen LogP contribution < -0.4 is 4.74 Å². The molecule has 0 heterocycles. The summed E-state index contributed by atoms with van der Waals surface area (Å²) in [7, 11) is 0. The van der Waals surface area contributed by atoms with Gasteiger partial charge in [0.15, 0.2) is 11.6 Å². The number of ether oxygens (including phenoxy) is 1. The van der Waals surface area contributed by atoms with E-state index in [0.717, 1.165) is 6.07 Å². The summed E-state index contributed by atoms with van der Waals surface area (Å²) in [6.07, 6.45) is -10.4. The molecule has 0 N–H and O–H groups in total. The monoisotopic (exact) mass is 416 g/mol. The molecule has 0 aliphatic heterocycles. The molecule has 2 aromatic rings. The number of hydrogen-bond donors (Lipinski definition) is 0. The Morgan fingerprint density at radius 1 is 0.821 bits per heavy atom. The summed E-state index contributed by atoms with van der Waals surface area (Å²) in [6.45, 7) is 1.79. The van der Waals surface area contributed by atoms with Crippen LogP contribution in [-0.2, 0) is 12.4 Å². The van der Waals surface area contributed by atoms with E-state index < -0.39 is 63.8 Å². The third-order valence-corrected chi connectivity index (χ3v) is 3.62. The minimum Gasteiger partial charge on any atom is -0.419 e. The zero-order valence-corrected chi connectivity index (χ0v) is 14.0. The van der Waals surface area contributed by atoms with E-state index in [1.54, 1.807) is 0 Å². The predicted octanol–water partition coefficient (Wildman–Crippen LogP) is 5.98. The highest BCUT2D eigenvalue weighted by atomic mass is 19.4. The lowest BCUT2D eigenvalue weighted by Gasteiger charge is -2.16. The van der Waals surface area contributed by atoms with E-state index in [1.165, 1.54) is 6.92 Å². The van der Waals surface area contributed by atoms with Crippen molar-refractivity contribution in [3.05, 3.63) is 63.5 Å². The number of esters is 1. The molecule has 152 valence electrons. The van der Waals surface area contributed by atoms with Crippen molar-refractivity contribution in [2.24, 2.45) is 0 Å². The highest BCUT2D eigenvalue weighted by Gasteiger charge is 2.42. The summed E-state index contributed by atoms with van der Waals surface area (Å²) in [5.41, 5.74) is -5.72. The second-order valence-corrected chi connectivity index (χ2v) is 5.74. The average molecular weight is 416 g/mol. The SMILES string of the molecule is Cc1cc(C(=O)Oc2c(C)c(F)c(C(F)(F)F)c(F)c2F)cc(C(F)(F)F)c1. The van der Waals surface area contributed by atoms with Gasteiger partial charge in [0.25, 0.3) is 0 Å². The van der Waals surface area contributed by atoms with Crippen molar-refractivity contribution < 1.29 is 49.0 Å². The normalized spacial score (nSPS) is 12.2. The quantitative estimate of drug-likeness (QED) is 0.261. The smallest absolute Gasteiger partial charge is 0.419 e. The van der Waals surface area contributed by atoms with E-state index in [4.69, 9.17) is 0 Å². The molecule has 0 aromatic heterocycles. The number of benzene rings is 2. The third kappa shape index (κ3) is 4.07. The Morgan fingerprint density at radius 3 is 1.89 bits per heavy atom. The van der Waals surface area contributed by atoms with Gasteiger partial charge < -0.3 is 4.74 Å². The maximum atomic E-state index is 14.0. The molecule has 0 radical (unpaired) electrons. The van der Waals surface area contributed by atoms with Gasteiger partial charge in [-0.3, -0.25) is 0 Å². The Morgan fingerprint density at radius 2 is 1.39 bits per heavy atom. The first kappa shape index (κ1) is 21.6. The number of carbonyl (C=O) groups is 1. The fourth-order valence-corrected chi connectivity index (χ4v) is 2.34. The van der Waals surface area contributed by atoms with Crippen LogP contribution in [0.3, 0.4) is 0 Å². The van der Waals surface area contributed by atoms with Gasteiger partial charge in [0.1, 0.15) is 11.4 Å². The highest BCUT2D eigenvalue weighted by molar-refractivity contribution is 5.91. The van der Waals surface area contributed by atoms with Gasteiger partial charge in [-0.05, 0) is 37.6 Å². The Hall–Kier alpha value is -2.72. The molecule has 2 aromatic carbocycles. The lowest BCUT2D eigenvalue weighted by atomic mass is 10.1. The van der Waals surface area contributed by atoms with Crippen molar-refractivity contribution in [3.8, 4) is 5.75 Å². The first-order valence-corrected chi connectivity index (χ1v) is 7.30. The maximum Gasteiger partial charge on any atom is 0.422 e. The van der Waals surface area contributed by atoms with Crippen LogP contribution in [0, 0.1) is 31.3 Å². The molecule has 0 atom stereocenters. The summed E-state index contributed by atoms with van der Waals surface area (Å²) in [4.78, 5) is 12.0. The number of aryl methyl sites for hydroxylation is 1. The van der Waals surface area contributed by atoms with Gasteiger partial charge in [0.05, 0.1) is 11.1 Å². The summed E-state index contributed by atoms with van der Waals surface area (Å²) in [5.74, 6) is -10.3. The van der Waals surface area contributed by atoms with Crippen molar-refractivity contribution in [2.75, 3.05) is 0 Å². The van der Waals surface area contributed by atoms with Crippen LogP contribution in [0.4, 0.5) is 39.5 Å². The van der Waals surface area contributed by atoms with Crippen molar-refractivity contribution in [1.29, 1.82) is 0 Å². The Labute approximate surface area is 151 Å². The molecule has 2 rings (SSSR count). The summed E-state index contributed by atoms with van der Waals surface area (Å²) in [5, 5.41) is 0. The first-order chi connectivity index (χ1) is 12.6. The van der Waals surface area contributed by atoms with E-state index in [1.807, 2.05) is 0 Å². The number of alkyl halides is 6. The Kier molecular flexibility index (Phi) is 5.41. The van der Waals surface area contributed by atoms with Crippen LogP contribution in [0.15, 0.2) is 18.2 Å². The van der Waals surface area contributed by atoms with Crippen molar-refractivity contribution in [3.63, 3.8) is 0 Å².